The van der Waals surface area contributed by atoms with Crippen LogP contribution in [0, 0.1) is 0 Å². The molecule has 28 heavy (non-hydrogen) atoms. The highest BCUT2D eigenvalue weighted by atomic mass is 28.4. The summed E-state index contributed by atoms with van der Waals surface area (Å²) in [5, 5.41) is 0. The zero-order valence-corrected chi connectivity index (χ0v) is 19.6. The van der Waals surface area contributed by atoms with Gasteiger partial charge in [-0.15, -0.1) is 0 Å². The topological polar surface area (TPSA) is 69.0 Å². The van der Waals surface area contributed by atoms with Crippen molar-refractivity contribution in [2.24, 2.45) is 0 Å². The SMILES string of the molecule is CC(C)[Si](O[C@H]1C(=O)N(C(=O)OC(C)(C)C)[C@@H]1c1ccco1)(C(C)C)C(C)C. The number of hydrogen-bond donors (Lipinski definition) is 0. The third-order valence-electron chi connectivity index (χ3n) is 5.51. The smallest absolute Gasteiger partial charge is 0.417 e. The van der Waals surface area contributed by atoms with E-state index in [1.54, 1.807) is 39.2 Å². The fraction of sp³-hybridized carbons (Fsp3) is 0.714. The van der Waals surface area contributed by atoms with Crippen LogP contribution in [-0.4, -0.2) is 36.9 Å². The van der Waals surface area contributed by atoms with Crippen molar-refractivity contribution in [3.63, 3.8) is 0 Å². The zero-order valence-electron chi connectivity index (χ0n) is 18.6. The van der Waals surface area contributed by atoms with Gasteiger partial charge in [0.25, 0.3) is 5.91 Å². The Morgan fingerprint density at radius 2 is 1.64 bits per heavy atom. The summed E-state index contributed by atoms with van der Waals surface area (Å²) in [6.07, 6.45) is 0.155. The number of carbonyl (C=O) groups excluding carboxylic acids is 2. The molecule has 1 fully saturated rings. The van der Waals surface area contributed by atoms with Crippen molar-refractivity contribution < 1.29 is 23.2 Å². The summed E-state index contributed by atoms with van der Waals surface area (Å²) in [6, 6.07) is 2.93. The van der Waals surface area contributed by atoms with E-state index in [1.165, 1.54) is 0 Å². The van der Waals surface area contributed by atoms with E-state index < -0.39 is 32.2 Å². The number of β-lactam (4-membered cyclic amide) rings is 1. The molecule has 1 aromatic rings. The highest BCUT2D eigenvalue weighted by molar-refractivity contribution is 6.77. The van der Waals surface area contributed by atoms with Crippen LogP contribution in [0.4, 0.5) is 4.79 Å². The van der Waals surface area contributed by atoms with Crippen molar-refractivity contribution in [3.8, 4) is 0 Å². The van der Waals surface area contributed by atoms with E-state index in [9.17, 15) is 9.59 Å². The van der Waals surface area contributed by atoms with Crippen molar-refractivity contribution in [2.75, 3.05) is 0 Å². The second-order valence-corrected chi connectivity index (χ2v) is 14.9. The molecule has 2 heterocycles. The minimum absolute atomic E-state index is 0.327. The Morgan fingerprint density at radius 1 is 1.11 bits per heavy atom. The lowest BCUT2D eigenvalue weighted by Gasteiger charge is -2.51. The highest BCUT2D eigenvalue weighted by Crippen LogP contribution is 2.48. The number of furan rings is 1. The number of carbonyl (C=O) groups is 2. The average molecular weight is 410 g/mol. The molecule has 7 heteroatoms. The molecule has 0 saturated carbocycles. The molecule has 6 nitrogen and oxygen atoms in total. The first-order chi connectivity index (χ1) is 12.8. The van der Waals surface area contributed by atoms with Crippen LogP contribution in [0.25, 0.3) is 0 Å². The molecule has 1 aliphatic heterocycles. The van der Waals surface area contributed by atoms with Gasteiger partial charge in [-0.25, -0.2) is 9.69 Å². The van der Waals surface area contributed by atoms with Crippen LogP contribution < -0.4 is 0 Å². The van der Waals surface area contributed by atoms with Crippen LogP contribution in [0.1, 0.15) is 74.1 Å². The minimum atomic E-state index is -2.31. The quantitative estimate of drug-likeness (QED) is 0.448. The Labute approximate surface area is 169 Å². The van der Waals surface area contributed by atoms with Crippen LogP contribution in [0.2, 0.25) is 16.6 Å². The van der Waals surface area contributed by atoms with Crippen molar-refractivity contribution in [1.29, 1.82) is 0 Å². The van der Waals surface area contributed by atoms with Gasteiger partial charge >= 0.3 is 6.09 Å². The Hall–Kier alpha value is -1.60. The van der Waals surface area contributed by atoms with E-state index in [-0.39, 0.29) is 5.91 Å². The molecule has 2 amide bonds. The van der Waals surface area contributed by atoms with Gasteiger partial charge < -0.3 is 13.6 Å². The van der Waals surface area contributed by atoms with E-state index in [0.717, 1.165) is 4.90 Å². The molecule has 0 unspecified atom stereocenters. The molecule has 2 atom stereocenters. The highest BCUT2D eigenvalue weighted by Gasteiger charge is 2.59. The third kappa shape index (κ3) is 4.05. The molecular formula is C21H35NO5Si. The summed E-state index contributed by atoms with van der Waals surface area (Å²) in [4.78, 5) is 26.8. The zero-order chi connectivity index (χ0) is 21.4. The number of nitrogens with zero attached hydrogens (tertiary/aromatic N) is 1. The molecule has 158 valence electrons. The van der Waals surface area contributed by atoms with Gasteiger partial charge in [0.2, 0.25) is 8.32 Å². The summed E-state index contributed by atoms with van der Waals surface area (Å²) in [5.74, 6) is 0.184. The minimum Gasteiger partial charge on any atom is -0.467 e. The van der Waals surface area contributed by atoms with Crippen LogP contribution in [0.15, 0.2) is 22.8 Å². The first-order valence-electron chi connectivity index (χ1n) is 10.1. The maximum atomic E-state index is 13.0. The van der Waals surface area contributed by atoms with Crippen LogP contribution in [-0.2, 0) is 14.0 Å². The molecule has 0 radical (unpaired) electrons. The maximum absolute atomic E-state index is 13.0. The summed E-state index contributed by atoms with van der Waals surface area (Å²) in [6.45, 7) is 18.3. The van der Waals surface area contributed by atoms with E-state index in [1.807, 2.05) is 0 Å². The van der Waals surface area contributed by atoms with E-state index in [4.69, 9.17) is 13.6 Å². The Balaban J connectivity index is 2.38. The molecule has 0 aromatic carbocycles. The fourth-order valence-corrected chi connectivity index (χ4v) is 9.94. The molecule has 0 spiro atoms. The van der Waals surface area contributed by atoms with Gasteiger partial charge in [0.15, 0.2) is 6.10 Å². The van der Waals surface area contributed by atoms with Crippen LogP contribution >= 0.6 is 0 Å². The molecule has 0 bridgehead atoms. The van der Waals surface area contributed by atoms with Gasteiger partial charge in [-0.1, -0.05) is 41.5 Å². The van der Waals surface area contributed by atoms with Gasteiger partial charge in [-0.3, -0.25) is 4.79 Å². The summed E-state index contributed by atoms with van der Waals surface area (Å²) >= 11 is 0. The Bertz CT molecular complexity index is 668. The summed E-state index contributed by atoms with van der Waals surface area (Å²) < 4.78 is 17.7. The van der Waals surface area contributed by atoms with Crippen LogP contribution in [0.3, 0.4) is 0 Å². The number of amides is 2. The predicted octanol–water partition coefficient (Wildman–Crippen LogP) is 5.66. The number of imide groups is 1. The third-order valence-corrected chi connectivity index (χ3v) is 11.6. The second kappa shape index (κ2) is 8.03. The van der Waals surface area contributed by atoms with E-state index in [2.05, 4.69) is 41.5 Å². The molecule has 1 aromatic heterocycles. The van der Waals surface area contributed by atoms with Gasteiger partial charge in [-0.2, -0.15) is 0 Å². The van der Waals surface area contributed by atoms with E-state index in [0.29, 0.717) is 22.4 Å². The van der Waals surface area contributed by atoms with Gasteiger partial charge in [0.1, 0.15) is 17.4 Å². The normalized spacial score (nSPS) is 20.9. The maximum Gasteiger partial charge on any atom is 0.417 e. The Kier molecular flexibility index (Phi) is 6.50. The summed E-state index contributed by atoms with van der Waals surface area (Å²) in [7, 11) is -2.31. The Morgan fingerprint density at radius 3 is 2.04 bits per heavy atom. The lowest BCUT2D eigenvalue weighted by molar-refractivity contribution is -0.164. The predicted molar refractivity (Wildman–Crippen MR) is 110 cm³/mol. The van der Waals surface area contributed by atoms with Gasteiger partial charge in [0.05, 0.1) is 6.26 Å². The largest absolute Gasteiger partial charge is 0.467 e. The van der Waals surface area contributed by atoms with Crippen molar-refractivity contribution in [2.45, 2.75) is 96.7 Å². The van der Waals surface area contributed by atoms with E-state index >= 15 is 0 Å². The molecule has 0 aliphatic carbocycles. The first kappa shape index (κ1) is 22.7. The number of likely N-dealkylation sites (tertiary alicyclic amines) is 1. The number of rotatable bonds is 6. The number of hydrogen-bond acceptors (Lipinski definition) is 5. The second-order valence-electron chi connectivity index (χ2n) is 9.50. The summed E-state index contributed by atoms with van der Waals surface area (Å²) in [5.41, 5.74) is 0.290. The van der Waals surface area contributed by atoms with Crippen molar-refractivity contribution in [1.82, 2.24) is 4.90 Å². The van der Waals surface area contributed by atoms with Crippen molar-refractivity contribution in [3.05, 3.63) is 24.2 Å². The fourth-order valence-electron chi connectivity index (χ4n) is 4.46. The van der Waals surface area contributed by atoms with Crippen LogP contribution in [0.5, 0.6) is 0 Å². The number of ether oxygens (including phenoxy) is 1. The average Bonchev–Trinajstić information content (AvgIpc) is 3.03. The molecule has 2 rings (SSSR count). The monoisotopic (exact) mass is 409 g/mol. The molecular weight excluding hydrogens is 374 g/mol. The standard InChI is InChI=1S/C21H35NO5Si/c1-13(2)28(14(3)4,15(5)6)27-18-17(16-11-10-12-25-16)22(19(18)23)20(24)26-21(7,8)9/h10-15,17-18H,1-9H3/t17-,18-/m1/s1. The van der Waals surface area contributed by atoms with Gasteiger partial charge in [-0.05, 0) is 49.5 Å². The van der Waals surface area contributed by atoms with Crippen molar-refractivity contribution >= 4 is 20.3 Å². The lowest BCUT2D eigenvalue weighted by atomic mass is 9.96. The van der Waals surface area contributed by atoms with Gasteiger partial charge in [0, 0.05) is 0 Å². The lowest BCUT2D eigenvalue weighted by Crippen LogP contribution is -2.66. The molecule has 1 aliphatic rings. The molecule has 0 N–H and O–H groups in total. The molecule has 1 saturated heterocycles. The first-order valence-corrected chi connectivity index (χ1v) is 12.2.